The molecule has 1 N–H and O–H groups in total. The number of imidazole rings is 1. The zero-order valence-corrected chi connectivity index (χ0v) is 10.5. The van der Waals surface area contributed by atoms with Crippen molar-refractivity contribution in [2.45, 2.75) is 26.4 Å². The fourth-order valence-corrected chi connectivity index (χ4v) is 2.38. The maximum absolute atomic E-state index is 11.9. The first-order chi connectivity index (χ1) is 7.45. The standard InChI is InChI=1S/C9H17N3O3S/c1-4-5-9-8(6-13)10-7-12(9)16(14,15)11(2)3/h7,13H,4-6H2,1-3H3. The molecular formula is C9H17N3O3S. The van der Waals surface area contributed by atoms with E-state index in [1.807, 2.05) is 6.92 Å². The fraction of sp³-hybridized carbons (Fsp3) is 0.667. The number of nitrogens with zero attached hydrogens (tertiary/aromatic N) is 3. The normalized spacial score (nSPS) is 12.3. The molecule has 0 bridgehead atoms. The van der Waals surface area contributed by atoms with Crippen LogP contribution < -0.4 is 0 Å². The van der Waals surface area contributed by atoms with E-state index in [-0.39, 0.29) is 6.61 Å². The van der Waals surface area contributed by atoms with Gasteiger partial charge in [-0.25, -0.2) is 8.96 Å². The average molecular weight is 247 g/mol. The first kappa shape index (κ1) is 13.1. The molecule has 1 rings (SSSR count). The summed E-state index contributed by atoms with van der Waals surface area (Å²) >= 11 is 0. The number of hydrogen-bond donors (Lipinski definition) is 1. The van der Waals surface area contributed by atoms with E-state index in [0.29, 0.717) is 17.8 Å². The second-order valence-corrected chi connectivity index (χ2v) is 5.65. The maximum Gasteiger partial charge on any atom is 0.308 e. The topological polar surface area (TPSA) is 75.4 Å². The molecule has 0 saturated carbocycles. The summed E-state index contributed by atoms with van der Waals surface area (Å²) in [6.07, 6.45) is 2.61. The van der Waals surface area contributed by atoms with Crippen LogP contribution in [0.4, 0.5) is 0 Å². The zero-order chi connectivity index (χ0) is 12.3. The second-order valence-electron chi connectivity index (χ2n) is 3.63. The Morgan fingerprint density at radius 1 is 1.50 bits per heavy atom. The van der Waals surface area contributed by atoms with Gasteiger partial charge in [-0.05, 0) is 6.42 Å². The molecule has 0 aliphatic rings. The van der Waals surface area contributed by atoms with E-state index < -0.39 is 10.2 Å². The Morgan fingerprint density at radius 2 is 2.12 bits per heavy atom. The third-order valence-corrected chi connectivity index (χ3v) is 4.00. The maximum atomic E-state index is 11.9. The van der Waals surface area contributed by atoms with Crippen LogP contribution in [0.25, 0.3) is 0 Å². The smallest absolute Gasteiger partial charge is 0.308 e. The molecule has 16 heavy (non-hydrogen) atoms. The molecule has 0 atom stereocenters. The lowest BCUT2D eigenvalue weighted by Gasteiger charge is -2.14. The van der Waals surface area contributed by atoms with Gasteiger partial charge < -0.3 is 5.11 Å². The van der Waals surface area contributed by atoms with Crippen molar-refractivity contribution in [1.82, 2.24) is 13.3 Å². The Kier molecular flexibility index (Phi) is 4.06. The molecule has 1 aromatic rings. The largest absolute Gasteiger partial charge is 0.390 e. The van der Waals surface area contributed by atoms with E-state index in [1.165, 1.54) is 20.4 Å². The monoisotopic (exact) mass is 247 g/mol. The molecule has 6 nitrogen and oxygen atoms in total. The van der Waals surface area contributed by atoms with Crippen LogP contribution in [0.3, 0.4) is 0 Å². The van der Waals surface area contributed by atoms with Crippen LogP contribution in [0.1, 0.15) is 24.7 Å². The summed E-state index contributed by atoms with van der Waals surface area (Å²) in [5.41, 5.74) is 0.978. The molecular weight excluding hydrogens is 230 g/mol. The van der Waals surface area contributed by atoms with E-state index in [4.69, 9.17) is 5.11 Å². The third kappa shape index (κ3) is 2.26. The molecule has 0 radical (unpaired) electrons. The van der Waals surface area contributed by atoms with Crippen LogP contribution in [0.2, 0.25) is 0 Å². The van der Waals surface area contributed by atoms with Crippen molar-refractivity contribution in [3.63, 3.8) is 0 Å². The van der Waals surface area contributed by atoms with Gasteiger partial charge in [0.1, 0.15) is 6.33 Å². The van der Waals surface area contributed by atoms with Gasteiger partial charge in [0.2, 0.25) is 0 Å². The minimum Gasteiger partial charge on any atom is -0.390 e. The highest BCUT2D eigenvalue weighted by molar-refractivity contribution is 7.87. The van der Waals surface area contributed by atoms with E-state index in [1.54, 1.807) is 0 Å². The number of rotatable bonds is 5. The minimum absolute atomic E-state index is 0.245. The van der Waals surface area contributed by atoms with E-state index in [0.717, 1.165) is 14.7 Å². The molecule has 0 aliphatic heterocycles. The summed E-state index contributed by atoms with van der Waals surface area (Å²) < 4.78 is 26.1. The molecule has 1 aromatic heterocycles. The molecule has 0 saturated heterocycles. The predicted octanol–water partition coefficient (Wildman–Crippen LogP) is -0.0176. The Bertz CT molecular complexity index is 451. The highest BCUT2D eigenvalue weighted by Crippen LogP contribution is 2.14. The van der Waals surface area contributed by atoms with Crippen molar-refractivity contribution in [2.24, 2.45) is 0 Å². The number of aliphatic hydroxyl groups excluding tert-OH is 1. The predicted molar refractivity (Wildman–Crippen MR) is 60.1 cm³/mol. The lowest BCUT2D eigenvalue weighted by Crippen LogP contribution is -2.29. The van der Waals surface area contributed by atoms with Crippen LogP contribution >= 0.6 is 0 Å². The van der Waals surface area contributed by atoms with Gasteiger partial charge in [-0.1, -0.05) is 13.3 Å². The zero-order valence-electron chi connectivity index (χ0n) is 9.71. The molecule has 0 amide bonds. The van der Waals surface area contributed by atoms with Crippen LogP contribution in [0, 0.1) is 0 Å². The highest BCUT2D eigenvalue weighted by Gasteiger charge is 2.21. The summed E-state index contributed by atoms with van der Waals surface area (Å²) in [5.74, 6) is 0. The van der Waals surface area contributed by atoms with Gasteiger partial charge in [-0.2, -0.15) is 12.7 Å². The molecule has 92 valence electrons. The van der Waals surface area contributed by atoms with Crippen LogP contribution in [-0.2, 0) is 23.2 Å². The molecule has 0 aliphatic carbocycles. The van der Waals surface area contributed by atoms with Crippen molar-refractivity contribution in [1.29, 1.82) is 0 Å². The Morgan fingerprint density at radius 3 is 2.56 bits per heavy atom. The van der Waals surface area contributed by atoms with E-state index in [9.17, 15) is 8.42 Å². The lowest BCUT2D eigenvalue weighted by molar-refractivity contribution is 0.276. The Balaban J connectivity index is 3.29. The molecule has 1 heterocycles. The first-order valence-corrected chi connectivity index (χ1v) is 6.43. The van der Waals surface area contributed by atoms with Crippen LogP contribution in [0.5, 0.6) is 0 Å². The van der Waals surface area contributed by atoms with Crippen molar-refractivity contribution in [3.8, 4) is 0 Å². The third-order valence-electron chi connectivity index (χ3n) is 2.26. The summed E-state index contributed by atoms with van der Waals surface area (Å²) in [6, 6.07) is 0. The van der Waals surface area contributed by atoms with Gasteiger partial charge >= 0.3 is 10.2 Å². The molecule has 7 heteroatoms. The Labute approximate surface area is 95.7 Å². The lowest BCUT2D eigenvalue weighted by atomic mass is 10.2. The van der Waals surface area contributed by atoms with Crippen molar-refractivity contribution in [3.05, 3.63) is 17.7 Å². The summed E-state index contributed by atoms with van der Waals surface area (Å²) in [7, 11) is -0.619. The van der Waals surface area contributed by atoms with Crippen molar-refractivity contribution in [2.75, 3.05) is 14.1 Å². The second kappa shape index (κ2) is 4.94. The number of aliphatic hydroxyl groups is 1. The average Bonchev–Trinajstić information content (AvgIpc) is 2.61. The fourth-order valence-electron chi connectivity index (χ4n) is 1.39. The molecule has 0 fully saturated rings. The van der Waals surface area contributed by atoms with Crippen molar-refractivity contribution >= 4 is 10.2 Å². The van der Waals surface area contributed by atoms with Gasteiger partial charge in [0.25, 0.3) is 0 Å². The highest BCUT2D eigenvalue weighted by atomic mass is 32.2. The van der Waals surface area contributed by atoms with Gasteiger partial charge in [0.05, 0.1) is 18.0 Å². The van der Waals surface area contributed by atoms with E-state index >= 15 is 0 Å². The summed E-state index contributed by atoms with van der Waals surface area (Å²) in [4.78, 5) is 3.91. The van der Waals surface area contributed by atoms with Gasteiger partial charge in [0, 0.05) is 14.1 Å². The minimum atomic E-state index is -3.54. The van der Waals surface area contributed by atoms with Gasteiger partial charge in [0.15, 0.2) is 0 Å². The molecule has 0 aromatic carbocycles. The van der Waals surface area contributed by atoms with Crippen LogP contribution in [0.15, 0.2) is 6.33 Å². The Hall–Kier alpha value is -0.920. The van der Waals surface area contributed by atoms with Crippen LogP contribution in [-0.4, -0.2) is 40.9 Å². The number of hydrogen-bond acceptors (Lipinski definition) is 4. The van der Waals surface area contributed by atoms with Gasteiger partial charge in [-0.3, -0.25) is 0 Å². The molecule has 0 unspecified atom stereocenters. The SMILES string of the molecule is CCCc1c(CO)ncn1S(=O)(=O)N(C)C. The summed E-state index contributed by atoms with van der Waals surface area (Å²) in [6.45, 7) is 1.70. The van der Waals surface area contributed by atoms with Crippen molar-refractivity contribution < 1.29 is 13.5 Å². The summed E-state index contributed by atoms with van der Waals surface area (Å²) in [5, 5.41) is 9.08. The quantitative estimate of drug-likeness (QED) is 0.793. The first-order valence-electron chi connectivity index (χ1n) is 5.04. The number of aromatic nitrogens is 2. The molecule has 0 spiro atoms. The van der Waals surface area contributed by atoms with E-state index in [2.05, 4.69) is 4.98 Å². The van der Waals surface area contributed by atoms with Gasteiger partial charge in [-0.15, -0.1) is 0 Å².